The molecule has 4 aromatic rings. The van der Waals surface area contributed by atoms with Crippen molar-refractivity contribution < 1.29 is 5.21 Å². The van der Waals surface area contributed by atoms with Gasteiger partial charge in [0.2, 0.25) is 0 Å². The Morgan fingerprint density at radius 1 is 1.00 bits per heavy atom. The van der Waals surface area contributed by atoms with Crippen molar-refractivity contribution >= 4 is 32.5 Å². The average Bonchev–Trinajstić information content (AvgIpc) is 2.76. The van der Waals surface area contributed by atoms with Crippen molar-refractivity contribution in [3.63, 3.8) is 0 Å². The van der Waals surface area contributed by atoms with E-state index in [1.165, 1.54) is 16.7 Å². The normalized spacial score (nSPS) is 12.8. The molecule has 0 bridgehead atoms. The van der Waals surface area contributed by atoms with Crippen molar-refractivity contribution in [1.29, 1.82) is 0 Å². The van der Waals surface area contributed by atoms with Crippen LogP contribution in [0.3, 0.4) is 0 Å². The van der Waals surface area contributed by atoms with Gasteiger partial charge < -0.3 is 5.21 Å². The molecule has 0 aliphatic heterocycles. The third-order valence-electron chi connectivity index (χ3n) is 5.29. The predicted octanol–water partition coefficient (Wildman–Crippen LogP) is 6.71. The molecule has 0 aliphatic rings. The van der Waals surface area contributed by atoms with E-state index in [2.05, 4.69) is 81.5 Å². The number of rotatable bonds is 5. The highest BCUT2D eigenvalue weighted by Crippen LogP contribution is 2.33. The van der Waals surface area contributed by atoms with E-state index in [4.69, 9.17) is 0 Å². The average molecular weight is 445 g/mol. The van der Waals surface area contributed by atoms with Crippen LogP contribution < -0.4 is 0 Å². The molecule has 4 rings (SSSR count). The molecule has 0 spiro atoms. The standard InChI is InChI=1S/C25H21BrN2O/c1-17-5-2-3-7-22(17)23(18-8-11-21(26)12-9-18)16-25(28-29)20-10-13-24-19(15-20)6-4-14-27-24/h2-15,23,29H,16H2,1H3/b28-25-. The van der Waals surface area contributed by atoms with Gasteiger partial charge in [-0.3, -0.25) is 4.98 Å². The van der Waals surface area contributed by atoms with Crippen molar-refractivity contribution in [2.45, 2.75) is 19.3 Å². The topological polar surface area (TPSA) is 45.5 Å². The minimum absolute atomic E-state index is 0.0831. The van der Waals surface area contributed by atoms with Gasteiger partial charge in [-0.2, -0.15) is 0 Å². The van der Waals surface area contributed by atoms with E-state index in [9.17, 15) is 5.21 Å². The molecular formula is C25H21BrN2O. The minimum Gasteiger partial charge on any atom is -0.411 e. The molecule has 1 N–H and O–H groups in total. The van der Waals surface area contributed by atoms with Crippen molar-refractivity contribution in [2.75, 3.05) is 0 Å². The summed E-state index contributed by atoms with van der Waals surface area (Å²) in [6, 6.07) is 26.7. The molecule has 4 heteroatoms. The Morgan fingerprint density at radius 2 is 1.79 bits per heavy atom. The van der Waals surface area contributed by atoms with E-state index in [0.29, 0.717) is 12.1 Å². The molecule has 3 aromatic carbocycles. The largest absolute Gasteiger partial charge is 0.411 e. The molecule has 0 fully saturated rings. The monoisotopic (exact) mass is 444 g/mol. The summed E-state index contributed by atoms with van der Waals surface area (Å²) in [5, 5.41) is 14.6. The number of aromatic nitrogens is 1. The van der Waals surface area contributed by atoms with E-state index in [-0.39, 0.29) is 5.92 Å². The Hall–Kier alpha value is -2.98. The van der Waals surface area contributed by atoms with Crippen LogP contribution in [0.1, 0.15) is 34.6 Å². The maximum Gasteiger partial charge on any atom is 0.0877 e. The SMILES string of the molecule is Cc1ccccc1C(C/C(=N/O)c1ccc2ncccc2c1)c1ccc(Br)cc1. The Balaban J connectivity index is 1.75. The second-order valence-corrected chi connectivity index (χ2v) is 8.04. The number of pyridine rings is 1. The van der Waals surface area contributed by atoms with Crippen molar-refractivity contribution in [3.8, 4) is 0 Å². The number of oxime groups is 1. The Morgan fingerprint density at radius 3 is 2.55 bits per heavy atom. The highest BCUT2D eigenvalue weighted by atomic mass is 79.9. The van der Waals surface area contributed by atoms with Crippen LogP contribution in [-0.4, -0.2) is 15.9 Å². The number of halogens is 1. The molecule has 3 nitrogen and oxygen atoms in total. The van der Waals surface area contributed by atoms with E-state index in [0.717, 1.165) is 20.9 Å². The van der Waals surface area contributed by atoms with E-state index in [1.807, 2.05) is 30.3 Å². The summed E-state index contributed by atoms with van der Waals surface area (Å²) in [4.78, 5) is 4.38. The second kappa shape index (κ2) is 8.58. The molecule has 0 radical (unpaired) electrons. The maximum absolute atomic E-state index is 9.87. The second-order valence-electron chi connectivity index (χ2n) is 7.12. The summed E-state index contributed by atoms with van der Waals surface area (Å²) in [6.07, 6.45) is 2.37. The molecule has 144 valence electrons. The van der Waals surface area contributed by atoms with Crippen LogP contribution in [0.25, 0.3) is 10.9 Å². The van der Waals surface area contributed by atoms with Crippen LogP contribution in [0.15, 0.2) is 94.7 Å². The summed E-state index contributed by atoms with van der Waals surface area (Å²) < 4.78 is 1.04. The molecule has 0 saturated carbocycles. The van der Waals surface area contributed by atoms with Crippen molar-refractivity contribution in [1.82, 2.24) is 4.98 Å². The van der Waals surface area contributed by atoms with E-state index in [1.54, 1.807) is 6.20 Å². The molecule has 29 heavy (non-hydrogen) atoms. The summed E-state index contributed by atoms with van der Waals surface area (Å²) in [5.41, 5.74) is 6.14. The lowest BCUT2D eigenvalue weighted by molar-refractivity contribution is 0.317. The van der Waals surface area contributed by atoms with Crippen LogP contribution in [0.4, 0.5) is 0 Å². The fourth-order valence-corrected chi connectivity index (χ4v) is 4.01. The number of hydrogen-bond acceptors (Lipinski definition) is 3. The quantitative estimate of drug-likeness (QED) is 0.211. The lowest BCUT2D eigenvalue weighted by atomic mass is 9.83. The zero-order chi connectivity index (χ0) is 20.2. The predicted molar refractivity (Wildman–Crippen MR) is 122 cm³/mol. The van der Waals surface area contributed by atoms with Crippen molar-refractivity contribution in [2.24, 2.45) is 5.16 Å². The first-order valence-corrected chi connectivity index (χ1v) is 10.3. The van der Waals surface area contributed by atoms with Crippen LogP contribution >= 0.6 is 15.9 Å². The van der Waals surface area contributed by atoms with Crippen LogP contribution in [0.5, 0.6) is 0 Å². The molecule has 1 unspecified atom stereocenters. The third-order valence-corrected chi connectivity index (χ3v) is 5.82. The smallest absolute Gasteiger partial charge is 0.0877 e. The number of nitrogens with zero attached hydrogens (tertiary/aromatic N) is 2. The molecule has 0 amide bonds. The first-order valence-electron chi connectivity index (χ1n) is 9.53. The van der Waals surface area contributed by atoms with Gasteiger partial charge in [0.05, 0.1) is 11.2 Å². The third kappa shape index (κ3) is 4.22. The Bertz CT molecular complexity index is 1170. The van der Waals surface area contributed by atoms with E-state index < -0.39 is 0 Å². The van der Waals surface area contributed by atoms with Gasteiger partial charge in [0.15, 0.2) is 0 Å². The maximum atomic E-state index is 9.87. The summed E-state index contributed by atoms with van der Waals surface area (Å²) in [7, 11) is 0. The van der Waals surface area contributed by atoms with Crippen LogP contribution in [0.2, 0.25) is 0 Å². The number of aryl methyl sites for hydroxylation is 1. The highest BCUT2D eigenvalue weighted by Gasteiger charge is 2.20. The number of fused-ring (bicyclic) bond motifs is 1. The molecule has 1 aromatic heterocycles. The lowest BCUT2D eigenvalue weighted by Gasteiger charge is -2.21. The van der Waals surface area contributed by atoms with Gasteiger partial charge in [0.1, 0.15) is 0 Å². The zero-order valence-corrected chi connectivity index (χ0v) is 17.7. The van der Waals surface area contributed by atoms with Gasteiger partial charge in [-0.1, -0.05) is 69.6 Å². The van der Waals surface area contributed by atoms with Crippen LogP contribution in [-0.2, 0) is 0 Å². The van der Waals surface area contributed by atoms with Gasteiger partial charge in [-0.25, -0.2) is 0 Å². The molecule has 0 saturated heterocycles. The highest BCUT2D eigenvalue weighted by molar-refractivity contribution is 9.10. The summed E-state index contributed by atoms with van der Waals surface area (Å²) in [5.74, 6) is 0.0831. The van der Waals surface area contributed by atoms with Gasteiger partial charge >= 0.3 is 0 Å². The number of hydrogen-bond donors (Lipinski definition) is 1. The van der Waals surface area contributed by atoms with Gasteiger partial charge in [0, 0.05) is 34.0 Å². The van der Waals surface area contributed by atoms with Crippen LogP contribution in [0, 0.1) is 6.92 Å². The molecule has 1 heterocycles. The minimum atomic E-state index is 0.0831. The molecule has 0 aliphatic carbocycles. The Kier molecular flexibility index (Phi) is 5.72. The number of benzene rings is 3. The summed E-state index contributed by atoms with van der Waals surface area (Å²) >= 11 is 3.52. The zero-order valence-electron chi connectivity index (χ0n) is 16.1. The first kappa shape index (κ1) is 19.3. The summed E-state index contributed by atoms with van der Waals surface area (Å²) in [6.45, 7) is 2.12. The molecule has 1 atom stereocenters. The van der Waals surface area contributed by atoms with Gasteiger partial charge in [0.25, 0.3) is 0 Å². The van der Waals surface area contributed by atoms with E-state index >= 15 is 0 Å². The van der Waals surface area contributed by atoms with Crippen molar-refractivity contribution in [3.05, 3.63) is 112 Å². The lowest BCUT2D eigenvalue weighted by Crippen LogP contribution is -2.11. The van der Waals surface area contributed by atoms with Gasteiger partial charge in [-0.15, -0.1) is 0 Å². The Labute approximate surface area is 178 Å². The fraction of sp³-hybridized carbons (Fsp3) is 0.120. The fourth-order valence-electron chi connectivity index (χ4n) is 3.75. The van der Waals surface area contributed by atoms with Gasteiger partial charge in [-0.05, 0) is 53.9 Å². The first-order chi connectivity index (χ1) is 14.2. The molecular weight excluding hydrogens is 424 g/mol.